The van der Waals surface area contributed by atoms with Gasteiger partial charge in [0.1, 0.15) is 0 Å². The largest absolute Gasteiger partial charge is 0.350 e. The van der Waals surface area contributed by atoms with E-state index in [9.17, 15) is 4.79 Å². The van der Waals surface area contributed by atoms with E-state index < -0.39 is 0 Å². The van der Waals surface area contributed by atoms with Gasteiger partial charge in [-0.05, 0) is 12.0 Å². The summed E-state index contributed by atoms with van der Waals surface area (Å²) in [5.41, 5.74) is 2.42. The van der Waals surface area contributed by atoms with E-state index in [4.69, 9.17) is 11.6 Å². The number of nitrogens with zero attached hydrogens (tertiary/aromatic N) is 2. The average Bonchev–Trinajstić information content (AvgIpc) is 2.86. The van der Waals surface area contributed by atoms with E-state index in [2.05, 4.69) is 10.4 Å². The molecule has 1 heterocycles. The molecule has 1 aromatic heterocycles. The molecule has 0 fully saturated rings. The molecule has 1 unspecified atom stereocenters. The normalized spacial score (nSPS) is 12.2. The summed E-state index contributed by atoms with van der Waals surface area (Å²) < 4.78 is 1.66. The van der Waals surface area contributed by atoms with E-state index in [1.54, 1.807) is 10.9 Å². The van der Waals surface area contributed by atoms with E-state index >= 15 is 0 Å². The highest BCUT2D eigenvalue weighted by atomic mass is 35.5. The summed E-state index contributed by atoms with van der Waals surface area (Å²) in [5, 5.41) is 6.88. The van der Waals surface area contributed by atoms with Crippen LogP contribution in [-0.2, 0) is 13.5 Å². The number of aryl methyl sites for hydroxylation is 2. The smallest absolute Gasteiger partial charge is 0.254 e. The molecule has 0 saturated heterocycles. The van der Waals surface area contributed by atoms with Crippen LogP contribution in [0, 0.1) is 0 Å². The van der Waals surface area contributed by atoms with Gasteiger partial charge in [-0.25, -0.2) is 0 Å². The molecule has 0 saturated carbocycles. The van der Waals surface area contributed by atoms with E-state index in [0.29, 0.717) is 12.1 Å². The topological polar surface area (TPSA) is 46.9 Å². The Balaban J connectivity index is 1.98. The van der Waals surface area contributed by atoms with Crippen molar-refractivity contribution in [3.63, 3.8) is 0 Å². The van der Waals surface area contributed by atoms with Crippen LogP contribution in [0.15, 0.2) is 36.5 Å². The molecule has 2 aromatic rings. The Morgan fingerprint density at radius 2 is 2.10 bits per heavy atom. The maximum absolute atomic E-state index is 12.2. The molecule has 4 nitrogen and oxygen atoms in total. The number of carbonyl (C=O) groups excluding carboxylic acids is 1. The fraction of sp³-hybridized carbons (Fsp3) is 0.333. The summed E-state index contributed by atoms with van der Waals surface area (Å²) in [6.07, 6.45) is 2.46. The Morgan fingerprint density at radius 3 is 2.75 bits per heavy atom. The van der Waals surface area contributed by atoms with Gasteiger partial charge in [-0.15, -0.1) is 11.6 Å². The third-order valence-electron chi connectivity index (χ3n) is 3.09. The summed E-state index contributed by atoms with van der Waals surface area (Å²) in [4.78, 5) is 12.2. The molecule has 1 amide bonds. The highest BCUT2D eigenvalue weighted by molar-refractivity contribution is 6.21. The molecular formula is C15H18ClN3O. The summed E-state index contributed by atoms with van der Waals surface area (Å²) in [6.45, 7) is 2.37. The van der Waals surface area contributed by atoms with Gasteiger partial charge in [-0.2, -0.15) is 5.10 Å². The highest BCUT2D eigenvalue weighted by Crippen LogP contribution is 2.19. The third-order valence-corrected chi connectivity index (χ3v) is 3.49. The van der Waals surface area contributed by atoms with E-state index in [1.807, 2.05) is 44.3 Å². The molecule has 106 valence electrons. The van der Waals surface area contributed by atoms with E-state index in [1.165, 1.54) is 0 Å². The van der Waals surface area contributed by atoms with Crippen LogP contribution in [0.4, 0.5) is 0 Å². The molecule has 1 atom stereocenters. The number of carbonyl (C=O) groups is 1. The average molecular weight is 292 g/mol. The zero-order valence-electron chi connectivity index (χ0n) is 11.6. The van der Waals surface area contributed by atoms with Crippen molar-refractivity contribution in [1.82, 2.24) is 15.1 Å². The molecule has 1 N–H and O–H groups in total. The zero-order valence-corrected chi connectivity index (χ0v) is 12.4. The second kappa shape index (κ2) is 6.57. The van der Waals surface area contributed by atoms with Crippen molar-refractivity contribution >= 4 is 17.5 Å². The first-order chi connectivity index (χ1) is 9.61. The van der Waals surface area contributed by atoms with Crippen LogP contribution in [-0.4, -0.2) is 22.2 Å². The lowest BCUT2D eigenvalue weighted by atomic mass is 10.1. The maximum atomic E-state index is 12.2. The van der Waals surface area contributed by atoms with Crippen molar-refractivity contribution in [2.75, 3.05) is 6.54 Å². The molecule has 0 aliphatic carbocycles. The van der Waals surface area contributed by atoms with Gasteiger partial charge in [-0.1, -0.05) is 37.3 Å². The monoisotopic (exact) mass is 291 g/mol. The first-order valence-electron chi connectivity index (χ1n) is 6.61. The van der Waals surface area contributed by atoms with Crippen molar-refractivity contribution in [2.45, 2.75) is 18.7 Å². The van der Waals surface area contributed by atoms with Gasteiger partial charge >= 0.3 is 0 Å². The molecule has 0 radical (unpaired) electrons. The predicted octanol–water partition coefficient (Wildman–Crippen LogP) is 2.69. The molecule has 20 heavy (non-hydrogen) atoms. The van der Waals surface area contributed by atoms with Crippen molar-refractivity contribution in [3.05, 3.63) is 53.3 Å². The second-order valence-electron chi connectivity index (χ2n) is 4.60. The summed E-state index contributed by atoms with van der Waals surface area (Å²) >= 11 is 6.28. The number of aromatic nitrogens is 2. The standard InChI is InChI=1S/C15H18ClN3O/c1-3-14-12(10-19(2)18-14)15(20)17-9-13(16)11-7-5-4-6-8-11/h4-8,10,13H,3,9H2,1-2H3,(H,17,20). The highest BCUT2D eigenvalue weighted by Gasteiger charge is 2.15. The number of hydrogen-bond donors (Lipinski definition) is 1. The lowest BCUT2D eigenvalue weighted by molar-refractivity contribution is 0.0952. The molecular weight excluding hydrogens is 274 g/mol. The first kappa shape index (κ1) is 14.6. The summed E-state index contributed by atoms with van der Waals surface area (Å²) in [5.74, 6) is -0.128. The van der Waals surface area contributed by atoms with Gasteiger partial charge < -0.3 is 5.32 Å². The van der Waals surface area contributed by atoms with Gasteiger partial charge in [-0.3, -0.25) is 9.48 Å². The van der Waals surface area contributed by atoms with Crippen molar-refractivity contribution in [1.29, 1.82) is 0 Å². The molecule has 0 bridgehead atoms. The Bertz CT molecular complexity index is 580. The van der Waals surface area contributed by atoms with Gasteiger partial charge in [0, 0.05) is 19.8 Å². The molecule has 0 aliphatic heterocycles. The number of hydrogen-bond acceptors (Lipinski definition) is 2. The van der Waals surface area contributed by atoms with Gasteiger partial charge in [0.2, 0.25) is 0 Å². The fourth-order valence-corrected chi connectivity index (χ4v) is 2.27. The summed E-state index contributed by atoms with van der Waals surface area (Å²) in [7, 11) is 1.81. The second-order valence-corrected chi connectivity index (χ2v) is 5.13. The minimum absolute atomic E-state index is 0.128. The Labute approximate surface area is 123 Å². The van der Waals surface area contributed by atoms with Crippen LogP contribution in [0.2, 0.25) is 0 Å². The predicted molar refractivity (Wildman–Crippen MR) is 80.0 cm³/mol. The Hall–Kier alpha value is -1.81. The molecule has 0 aliphatic rings. The number of benzene rings is 1. The van der Waals surface area contributed by atoms with Gasteiger partial charge in [0.05, 0.1) is 16.6 Å². The summed E-state index contributed by atoms with van der Waals surface area (Å²) in [6, 6.07) is 9.71. The van der Waals surface area contributed by atoms with Crippen molar-refractivity contribution in [3.8, 4) is 0 Å². The van der Waals surface area contributed by atoms with Crippen LogP contribution in [0.3, 0.4) is 0 Å². The minimum atomic E-state index is -0.234. The van der Waals surface area contributed by atoms with Crippen LogP contribution >= 0.6 is 11.6 Å². The molecule has 2 rings (SSSR count). The third kappa shape index (κ3) is 3.39. The van der Waals surface area contributed by atoms with Crippen molar-refractivity contribution < 1.29 is 4.79 Å². The quantitative estimate of drug-likeness (QED) is 0.861. The Kier molecular flexibility index (Phi) is 4.79. The lowest BCUT2D eigenvalue weighted by Gasteiger charge is -2.11. The number of rotatable bonds is 5. The van der Waals surface area contributed by atoms with Crippen LogP contribution in [0.5, 0.6) is 0 Å². The van der Waals surface area contributed by atoms with Gasteiger partial charge in [0.25, 0.3) is 5.91 Å². The van der Waals surface area contributed by atoms with Crippen LogP contribution in [0.1, 0.15) is 33.9 Å². The maximum Gasteiger partial charge on any atom is 0.254 e. The number of nitrogens with one attached hydrogen (secondary N) is 1. The van der Waals surface area contributed by atoms with E-state index in [-0.39, 0.29) is 11.3 Å². The zero-order chi connectivity index (χ0) is 14.5. The number of alkyl halides is 1. The number of halogens is 1. The van der Waals surface area contributed by atoms with Crippen molar-refractivity contribution in [2.24, 2.45) is 7.05 Å². The minimum Gasteiger partial charge on any atom is -0.350 e. The molecule has 0 spiro atoms. The SMILES string of the molecule is CCc1nn(C)cc1C(=O)NCC(Cl)c1ccccc1. The number of amides is 1. The molecule has 5 heteroatoms. The fourth-order valence-electron chi connectivity index (χ4n) is 2.04. The van der Waals surface area contributed by atoms with Crippen LogP contribution in [0.25, 0.3) is 0 Å². The van der Waals surface area contributed by atoms with E-state index in [0.717, 1.165) is 17.7 Å². The Morgan fingerprint density at radius 1 is 1.40 bits per heavy atom. The van der Waals surface area contributed by atoms with Crippen LogP contribution < -0.4 is 5.32 Å². The first-order valence-corrected chi connectivity index (χ1v) is 7.05. The lowest BCUT2D eigenvalue weighted by Crippen LogP contribution is -2.27. The van der Waals surface area contributed by atoms with Gasteiger partial charge in [0.15, 0.2) is 0 Å². The molecule has 1 aromatic carbocycles.